The molecule has 22 heavy (non-hydrogen) atoms. The van der Waals surface area contributed by atoms with Crippen molar-refractivity contribution in [2.45, 2.75) is 26.4 Å². The van der Waals surface area contributed by atoms with Crippen LogP contribution in [-0.4, -0.2) is 11.0 Å². The SMILES string of the molecule is Cc1ccc(CO)cc1NC(=O)CCc1cccc(Cl)c1Cl. The lowest BCUT2D eigenvalue weighted by Gasteiger charge is -2.10. The Hall–Kier alpha value is -1.55. The summed E-state index contributed by atoms with van der Waals surface area (Å²) in [5.74, 6) is -0.103. The van der Waals surface area contributed by atoms with Gasteiger partial charge in [0.2, 0.25) is 5.91 Å². The Morgan fingerprint density at radius 3 is 2.73 bits per heavy atom. The van der Waals surface area contributed by atoms with Gasteiger partial charge in [0.15, 0.2) is 0 Å². The van der Waals surface area contributed by atoms with E-state index < -0.39 is 0 Å². The van der Waals surface area contributed by atoms with E-state index >= 15 is 0 Å². The largest absolute Gasteiger partial charge is 0.392 e. The van der Waals surface area contributed by atoms with Crippen LogP contribution in [0.3, 0.4) is 0 Å². The molecule has 0 radical (unpaired) electrons. The quantitative estimate of drug-likeness (QED) is 0.851. The summed E-state index contributed by atoms with van der Waals surface area (Å²) in [6, 6.07) is 10.9. The van der Waals surface area contributed by atoms with Gasteiger partial charge in [-0.2, -0.15) is 0 Å². The van der Waals surface area contributed by atoms with E-state index in [-0.39, 0.29) is 12.5 Å². The molecule has 2 aromatic carbocycles. The predicted octanol–water partition coefficient (Wildman–Crippen LogP) is 4.37. The van der Waals surface area contributed by atoms with Crippen LogP contribution in [0.4, 0.5) is 5.69 Å². The first kappa shape index (κ1) is 16.8. The summed E-state index contributed by atoms with van der Waals surface area (Å²) in [4.78, 5) is 12.1. The van der Waals surface area contributed by atoms with Crippen LogP contribution in [0.5, 0.6) is 0 Å². The fourth-order valence-corrected chi connectivity index (χ4v) is 2.52. The first-order valence-electron chi connectivity index (χ1n) is 6.94. The van der Waals surface area contributed by atoms with E-state index in [0.717, 1.165) is 16.7 Å². The average molecular weight is 338 g/mol. The number of anilines is 1. The molecule has 2 N–H and O–H groups in total. The van der Waals surface area contributed by atoms with Gasteiger partial charge in [0.25, 0.3) is 0 Å². The minimum absolute atomic E-state index is 0.0543. The second kappa shape index (κ2) is 7.63. The van der Waals surface area contributed by atoms with Crippen LogP contribution in [0.25, 0.3) is 0 Å². The molecule has 0 atom stereocenters. The van der Waals surface area contributed by atoms with Crippen LogP contribution in [-0.2, 0) is 17.8 Å². The molecule has 2 aromatic rings. The molecule has 2 rings (SSSR count). The minimum Gasteiger partial charge on any atom is -0.392 e. The molecule has 0 aliphatic rings. The number of nitrogens with one attached hydrogen (secondary N) is 1. The molecule has 1 amide bonds. The van der Waals surface area contributed by atoms with E-state index in [1.807, 2.05) is 31.2 Å². The Labute approximate surface area is 139 Å². The number of halogens is 2. The lowest BCUT2D eigenvalue weighted by Crippen LogP contribution is -2.13. The molecular formula is C17H17Cl2NO2. The van der Waals surface area contributed by atoms with E-state index in [4.69, 9.17) is 28.3 Å². The van der Waals surface area contributed by atoms with Crippen molar-refractivity contribution in [3.05, 3.63) is 63.1 Å². The summed E-state index contributed by atoms with van der Waals surface area (Å²) < 4.78 is 0. The first-order chi connectivity index (χ1) is 10.5. The van der Waals surface area contributed by atoms with Crippen LogP contribution < -0.4 is 5.32 Å². The fraction of sp³-hybridized carbons (Fsp3) is 0.235. The van der Waals surface area contributed by atoms with Crippen molar-refractivity contribution in [2.75, 3.05) is 5.32 Å². The zero-order chi connectivity index (χ0) is 16.1. The third kappa shape index (κ3) is 4.23. The Bertz CT molecular complexity index is 686. The molecule has 0 fully saturated rings. The number of benzene rings is 2. The zero-order valence-corrected chi connectivity index (χ0v) is 13.7. The van der Waals surface area contributed by atoms with Crippen LogP contribution in [0.15, 0.2) is 36.4 Å². The maximum Gasteiger partial charge on any atom is 0.224 e. The van der Waals surface area contributed by atoms with E-state index in [0.29, 0.717) is 28.6 Å². The van der Waals surface area contributed by atoms with Gasteiger partial charge < -0.3 is 10.4 Å². The van der Waals surface area contributed by atoms with Crippen LogP contribution in [0, 0.1) is 6.92 Å². The molecule has 0 saturated carbocycles. The lowest BCUT2D eigenvalue weighted by molar-refractivity contribution is -0.116. The highest BCUT2D eigenvalue weighted by molar-refractivity contribution is 6.42. The van der Waals surface area contributed by atoms with Gasteiger partial charge in [0.05, 0.1) is 16.7 Å². The van der Waals surface area contributed by atoms with E-state index in [2.05, 4.69) is 5.32 Å². The molecule has 0 heterocycles. The number of hydrogen-bond donors (Lipinski definition) is 2. The second-order valence-corrected chi connectivity index (χ2v) is 5.85. The molecule has 0 spiro atoms. The highest BCUT2D eigenvalue weighted by Crippen LogP contribution is 2.26. The monoisotopic (exact) mass is 337 g/mol. The first-order valence-corrected chi connectivity index (χ1v) is 7.70. The fourth-order valence-electron chi connectivity index (χ4n) is 2.10. The maximum atomic E-state index is 12.1. The smallest absolute Gasteiger partial charge is 0.224 e. The van der Waals surface area contributed by atoms with Gasteiger partial charge in [0, 0.05) is 12.1 Å². The molecule has 116 valence electrons. The molecular weight excluding hydrogens is 321 g/mol. The van der Waals surface area contributed by atoms with Gasteiger partial charge in [0.1, 0.15) is 0 Å². The normalized spacial score (nSPS) is 10.5. The number of carbonyl (C=O) groups excluding carboxylic acids is 1. The Morgan fingerprint density at radius 2 is 2.00 bits per heavy atom. The second-order valence-electron chi connectivity index (χ2n) is 5.07. The highest BCUT2D eigenvalue weighted by atomic mass is 35.5. The predicted molar refractivity (Wildman–Crippen MR) is 90.5 cm³/mol. The summed E-state index contributed by atoms with van der Waals surface area (Å²) in [5.41, 5.74) is 3.28. The molecule has 3 nitrogen and oxygen atoms in total. The van der Waals surface area contributed by atoms with Crippen molar-refractivity contribution in [2.24, 2.45) is 0 Å². The Balaban J connectivity index is 2.00. The van der Waals surface area contributed by atoms with Gasteiger partial charge in [-0.15, -0.1) is 0 Å². The van der Waals surface area contributed by atoms with Gasteiger partial charge >= 0.3 is 0 Å². The van der Waals surface area contributed by atoms with Crippen LogP contribution >= 0.6 is 23.2 Å². The van der Waals surface area contributed by atoms with E-state index in [1.165, 1.54) is 0 Å². The van der Waals surface area contributed by atoms with Crippen LogP contribution in [0.1, 0.15) is 23.1 Å². The molecule has 0 aliphatic carbocycles. The summed E-state index contributed by atoms with van der Waals surface area (Å²) in [5, 5.41) is 13.0. The van der Waals surface area contributed by atoms with Gasteiger partial charge in [-0.3, -0.25) is 4.79 Å². The number of amides is 1. The summed E-state index contributed by atoms with van der Waals surface area (Å²) in [6.07, 6.45) is 0.826. The third-order valence-corrected chi connectivity index (χ3v) is 4.27. The standard InChI is InChI=1S/C17H17Cl2NO2/c1-11-5-6-12(10-21)9-15(11)20-16(22)8-7-13-3-2-4-14(18)17(13)19/h2-6,9,21H,7-8,10H2,1H3,(H,20,22). The Morgan fingerprint density at radius 1 is 1.23 bits per heavy atom. The zero-order valence-electron chi connectivity index (χ0n) is 12.2. The third-order valence-electron chi connectivity index (χ3n) is 3.41. The number of aliphatic hydroxyl groups is 1. The molecule has 0 bridgehead atoms. The van der Waals surface area contributed by atoms with Crippen molar-refractivity contribution in [3.63, 3.8) is 0 Å². The summed E-state index contributed by atoms with van der Waals surface area (Å²) in [7, 11) is 0. The van der Waals surface area contributed by atoms with Crippen molar-refractivity contribution in [1.82, 2.24) is 0 Å². The van der Waals surface area contributed by atoms with Crippen molar-refractivity contribution >= 4 is 34.8 Å². The van der Waals surface area contributed by atoms with Gasteiger partial charge in [-0.05, 0) is 42.2 Å². The number of aliphatic hydroxyl groups excluding tert-OH is 1. The summed E-state index contributed by atoms with van der Waals surface area (Å²) in [6.45, 7) is 1.85. The molecule has 0 aromatic heterocycles. The van der Waals surface area contributed by atoms with Crippen molar-refractivity contribution in [3.8, 4) is 0 Å². The number of rotatable bonds is 5. The minimum atomic E-state index is -0.103. The molecule has 5 heteroatoms. The van der Waals surface area contributed by atoms with Gasteiger partial charge in [-0.25, -0.2) is 0 Å². The highest BCUT2D eigenvalue weighted by Gasteiger charge is 2.09. The Kier molecular flexibility index (Phi) is 5.83. The van der Waals surface area contributed by atoms with E-state index in [1.54, 1.807) is 12.1 Å². The van der Waals surface area contributed by atoms with E-state index in [9.17, 15) is 4.79 Å². The number of aryl methyl sites for hydroxylation is 2. The molecule has 0 unspecified atom stereocenters. The van der Waals surface area contributed by atoms with Crippen molar-refractivity contribution in [1.29, 1.82) is 0 Å². The molecule has 0 aliphatic heterocycles. The lowest BCUT2D eigenvalue weighted by atomic mass is 10.1. The molecule has 0 saturated heterocycles. The number of carbonyl (C=O) groups is 1. The topological polar surface area (TPSA) is 49.3 Å². The average Bonchev–Trinajstić information content (AvgIpc) is 2.51. The van der Waals surface area contributed by atoms with Crippen molar-refractivity contribution < 1.29 is 9.90 Å². The number of hydrogen-bond acceptors (Lipinski definition) is 2. The summed E-state index contributed by atoms with van der Waals surface area (Å²) >= 11 is 12.1. The maximum absolute atomic E-state index is 12.1. The van der Waals surface area contributed by atoms with Crippen LogP contribution in [0.2, 0.25) is 10.0 Å². The van der Waals surface area contributed by atoms with Gasteiger partial charge in [-0.1, -0.05) is 47.5 Å².